The number of hydrogen-bond donors (Lipinski definition) is 0. The smallest absolute Gasteiger partial charge is 0.258 e. The van der Waals surface area contributed by atoms with Crippen molar-refractivity contribution in [3.05, 3.63) is 39.9 Å². The largest absolute Gasteiger partial charge is 0.272 e. The van der Waals surface area contributed by atoms with Gasteiger partial charge < -0.3 is 0 Å². The SMILES string of the molecule is O=[N+]([O-])c1ccccc1C1CCCCCCCCC1. The maximum Gasteiger partial charge on any atom is 0.272 e. The molecule has 2 rings (SSSR count). The summed E-state index contributed by atoms with van der Waals surface area (Å²) in [5.41, 5.74) is 1.26. The summed E-state index contributed by atoms with van der Waals surface area (Å²) < 4.78 is 0. The molecule has 0 atom stereocenters. The Labute approximate surface area is 115 Å². The molecule has 1 aliphatic rings. The Balaban J connectivity index is 2.14. The molecule has 0 spiro atoms. The minimum atomic E-state index is -0.228. The topological polar surface area (TPSA) is 43.1 Å². The van der Waals surface area contributed by atoms with Crippen LogP contribution >= 0.6 is 0 Å². The first-order valence-corrected chi connectivity index (χ1v) is 7.52. The molecule has 3 heteroatoms. The molecule has 0 unspecified atom stereocenters. The van der Waals surface area contributed by atoms with E-state index in [1.54, 1.807) is 12.1 Å². The molecule has 3 nitrogen and oxygen atoms in total. The minimum Gasteiger partial charge on any atom is -0.258 e. The lowest BCUT2D eigenvalue weighted by molar-refractivity contribution is -0.385. The first kappa shape index (κ1) is 14.0. The van der Waals surface area contributed by atoms with Gasteiger partial charge in [-0.15, -0.1) is 0 Å². The van der Waals surface area contributed by atoms with Crippen LogP contribution in [0.1, 0.15) is 69.3 Å². The molecule has 0 bridgehead atoms. The maximum atomic E-state index is 11.1. The first-order chi connectivity index (χ1) is 9.29. The second kappa shape index (κ2) is 7.27. The number of rotatable bonds is 2. The monoisotopic (exact) mass is 261 g/mol. The van der Waals surface area contributed by atoms with Gasteiger partial charge in [-0.05, 0) is 18.8 Å². The van der Waals surface area contributed by atoms with Crippen LogP contribution in [0, 0.1) is 10.1 Å². The van der Waals surface area contributed by atoms with E-state index in [0.29, 0.717) is 11.6 Å². The van der Waals surface area contributed by atoms with Crippen LogP contribution in [0.5, 0.6) is 0 Å². The van der Waals surface area contributed by atoms with E-state index in [9.17, 15) is 10.1 Å². The van der Waals surface area contributed by atoms with Crippen LogP contribution in [-0.4, -0.2) is 4.92 Å². The summed E-state index contributed by atoms with van der Waals surface area (Å²) >= 11 is 0. The molecule has 1 fully saturated rings. The summed E-state index contributed by atoms with van der Waals surface area (Å²) in [6, 6.07) is 7.30. The molecule has 0 heterocycles. The van der Waals surface area contributed by atoms with Gasteiger partial charge >= 0.3 is 0 Å². The molecule has 19 heavy (non-hydrogen) atoms. The number of nitrogens with zero attached hydrogens (tertiary/aromatic N) is 1. The lowest BCUT2D eigenvalue weighted by atomic mass is 9.86. The summed E-state index contributed by atoms with van der Waals surface area (Å²) in [7, 11) is 0. The van der Waals surface area contributed by atoms with Crippen molar-refractivity contribution in [3.8, 4) is 0 Å². The fourth-order valence-corrected chi connectivity index (χ4v) is 3.12. The standard InChI is InChI=1S/C16H23NO2/c18-17(19)16-13-9-8-12-15(16)14-10-6-4-2-1-3-5-7-11-14/h8-9,12-14H,1-7,10-11H2. The zero-order valence-electron chi connectivity index (χ0n) is 11.5. The maximum absolute atomic E-state index is 11.1. The number of hydrogen-bond acceptors (Lipinski definition) is 2. The lowest BCUT2D eigenvalue weighted by Gasteiger charge is -2.18. The van der Waals surface area contributed by atoms with Gasteiger partial charge in [0.05, 0.1) is 4.92 Å². The average molecular weight is 261 g/mol. The summed E-state index contributed by atoms with van der Waals surface area (Å²) in [4.78, 5) is 10.9. The fraction of sp³-hybridized carbons (Fsp3) is 0.625. The second-order valence-corrected chi connectivity index (χ2v) is 5.57. The quantitative estimate of drug-likeness (QED) is 0.542. The molecule has 0 radical (unpaired) electrons. The number of nitro benzene ring substituents is 1. The van der Waals surface area contributed by atoms with Gasteiger partial charge in [-0.2, -0.15) is 0 Å². The van der Waals surface area contributed by atoms with Gasteiger partial charge in [-0.25, -0.2) is 0 Å². The van der Waals surface area contributed by atoms with Crippen LogP contribution in [-0.2, 0) is 0 Å². The Morgan fingerprint density at radius 2 is 1.42 bits per heavy atom. The molecule has 1 saturated carbocycles. The van der Waals surface area contributed by atoms with Crippen molar-refractivity contribution < 1.29 is 4.92 Å². The zero-order chi connectivity index (χ0) is 13.5. The van der Waals surface area contributed by atoms with Crippen LogP contribution in [0.25, 0.3) is 0 Å². The molecule has 0 N–H and O–H groups in total. The molecule has 0 aliphatic heterocycles. The summed E-state index contributed by atoms with van der Waals surface area (Å²) in [5.74, 6) is 0.375. The van der Waals surface area contributed by atoms with E-state index < -0.39 is 0 Å². The highest BCUT2D eigenvalue weighted by Gasteiger charge is 2.21. The Bertz CT molecular complexity index is 407. The van der Waals surface area contributed by atoms with Crippen LogP contribution in [0.15, 0.2) is 24.3 Å². The van der Waals surface area contributed by atoms with Crippen molar-refractivity contribution in [2.24, 2.45) is 0 Å². The van der Waals surface area contributed by atoms with Gasteiger partial charge in [0.25, 0.3) is 5.69 Å². The van der Waals surface area contributed by atoms with E-state index in [0.717, 1.165) is 18.4 Å². The third kappa shape index (κ3) is 4.05. The van der Waals surface area contributed by atoms with Gasteiger partial charge in [0.2, 0.25) is 0 Å². The van der Waals surface area contributed by atoms with E-state index in [2.05, 4.69) is 0 Å². The highest BCUT2D eigenvalue weighted by Crippen LogP contribution is 2.34. The fourth-order valence-electron chi connectivity index (χ4n) is 3.12. The Morgan fingerprint density at radius 3 is 2.00 bits per heavy atom. The second-order valence-electron chi connectivity index (χ2n) is 5.57. The third-order valence-electron chi connectivity index (χ3n) is 4.18. The average Bonchev–Trinajstić information content (AvgIpc) is 2.44. The Kier molecular flexibility index (Phi) is 5.37. The first-order valence-electron chi connectivity index (χ1n) is 7.52. The molecule has 0 saturated heterocycles. The van der Waals surface area contributed by atoms with E-state index in [1.165, 1.54) is 44.9 Å². The summed E-state index contributed by atoms with van der Waals surface area (Å²) in [6.07, 6.45) is 11.2. The van der Waals surface area contributed by atoms with Crippen molar-refractivity contribution in [1.82, 2.24) is 0 Å². The van der Waals surface area contributed by atoms with E-state index in [-0.39, 0.29) is 4.92 Å². The van der Waals surface area contributed by atoms with Crippen molar-refractivity contribution >= 4 is 5.69 Å². The van der Waals surface area contributed by atoms with Crippen molar-refractivity contribution in [3.63, 3.8) is 0 Å². The predicted molar refractivity (Wildman–Crippen MR) is 77.4 cm³/mol. The molecule has 0 amide bonds. The molecule has 1 aromatic carbocycles. The highest BCUT2D eigenvalue weighted by molar-refractivity contribution is 5.42. The third-order valence-corrected chi connectivity index (χ3v) is 4.18. The molecule has 104 valence electrons. The minimum absolute atomic E-state index is 0.228. The number of para-hydroxylation sites is 1. The summed E-state index contributed by atoms with van der Waals surface area (Å²) in [6.45, 7) is 0. The molecular formula is C16H23NO2. The van der Waals surface area contributed by atoms with Crippen LogP contribution in [0.3, 0.4) is 0 Å². The molecular weight excluding hydrogens is 238 g/mol. The number of nitro groups is 1. The normalized spacial score (nSPS) is 18.9. The van der Waals surface area contributed by atoms with Gasteiger partial charge in [0, 0.05) is 11.6 Å². The predicted octanol–water partition coefficient (Wildman–Crippen LogP) is 5.20. The van der Waals surface area contributed by atoms with Crippen LogP contribution < -0.4 is 0 Å². The van der Waals surface area contributed by atoms with E-state index >= 15 is 0 Å². The van der Waals surface area contributed by atoms with E-state index in [4.69, 9.17) is 0 Å². The Hall–Kier alpha value is -1.38. The van der Waals surface area contributed by atoms with Crippen LogP contribution in [0.2, 0.25) is 0 Å². The van der Waals surface area contributed by atoms with E-state index in [1.807, 2.05) is 12.1 Å². The zero-order valence-corrected chi connectivity index (χ0v) is 11.5. The van der Waals surface area contributed by atoms with Crippen LogP contribution in [0.4, 0.5) is 5.69 Å². The Morgan fingerprint density at radius 1 is 0.895 bits per heavy atom. The summed E-state index contributed by atoms with van der Waals surface area (Å²) in [5, 5.41) is 11.1. The molecule has 0 aromatic heterocycles. The molecule has 1 aliphatic carbocycles. The van der Waals surface area contributed by atoms with Crippen molar-refractivity contribution in [2.75, 3.05) is 0 Å². The van der Waals surface area contributed by atoms with Gasteiger partial charge in [0.15, 0.2) is 0 Å². The number of benzene rings is 1. The van der Waals surface area contributed by atoms with Crippen molar-refractivity contribution in [2.45, 2.75) is 63.7 Å². The highest BCUT2D eigenvalue weighted by atomic mass is 16.6. The van der Waals surface area contributed by atoms with Gasteiger partial charge in [0.1, 0.15) is 0 Å². The van der Waals surface area contributed by atoms with Gasteiger partial charge in [-0.1, -0.05) is 63.1 Å². The van der Waals surface area contributed by atoms with Crippen molar-refractivity contribution in [1.29, 1.82) is 0 Å². The van der Waals surface area contributed by atoms with Gasteiger partial charge in [-0.3, -0.25) is 10.1 Å². The molecule has 1 aromatic rings. The lowest BCUT2D eigenvalue weighted by Crippen LogP contribution is -2.04.